The number of benzene rings is 1. The predicted molar refractivity (Wildman–Crippen MR) is 123 cm³/mol. The highest BCUT2D eigenvalue weighted by atomic mass is 32.1. The van der Waals surface area contributed by atoms with E-state index in [0.717, 1.165) is 21.7 Å². The van der Waals surface area contributed by atoms with Crippen molar-refractivity contribution in [2.75, 3.05) is 11.9 Å². The Morgan fingerprint density at radius 2 is 2.12 bits per heavy atom. The number of nitrogens with one attached hydrogen (secondary N) is 2. The van der Waals surface area contributed by atoms with E-state index in [1.807, 2.05) is 44.2 Å². The van der Waals surface area contributed by atoms with Gasteiger partial charge in [0.25, 0.3) is 0 Å². The summed E-state index contributed by atoms with van der Waals surface area (Å²) < 4.78 is 0. The van der Waals surface area contributed by atoms with Crippen molar-refractivity contribution in [1.29, 1.82) is 5.26 Å². The van der Waals surface area contributed by atoms with Crippen molar-refractivity contribution in [2.45, 2.75) is 45.6 Å². The Bertz CT molecular complexity index is 1170. The molecule has 3 heterocycles. The second-order valence-electron chi connectivity index (χ2n) is 8.14. The number of amides is 2. The Morgan fingerprint density at radius 3 is 2.81 bits per heavy atom. The number of hydrogen-bond donors (Lipinski definition) is 2. The SMILES string of the molecule is Cc1cnc(CC(=O)N2CCc3c(sc(NC(=O)C[C@H](C)c4ccccc4)c3C#N)C2)[nH]1. The topological polar surface area (TPSA) is 102 Å². The molecule has 1 aliphatic rings. The van der Waals surface area contributed by atoms with Crippen molar-refractivity contribution in [3.05, 3.63) is 69.6 Å². The monoisotopic (exact) mass is 447 g/mol. The molecule has 0 saturated heterocycles. The highest BCUT2D eigenvalue weighted by molar-refractivity contribution is 7.16. The van der Waals surface area contributed by atoms with Gasteiger partial charge in [-0.2, -0.15) is 5.26 Å². The van der Waals surface area contributed by atoms with Crippen LogP contribution in [0.1, 0.15) is 52.3 Å². The molecule has 0 saturated carbocycles. The molecular weight excluding hydrogens is 422 g/mol. The molecule has 1 aromatic carbocycles. The van der Waals surface area contributed by atoms with Crippen LogP contribution < -0.4 is 5.32 Å². The molecule has 164 valence electrons. The van der Waals surface area contributed by atoms with Crippen LogP contribution in [0.4, 0.5) is 5.00 Å². The number of carbonyl (C=O) groups is 2. The van der Waals surface area contributed by atoms with Crippen LogP contribution in [0, 0.1) is 18.3 Å². The van der Waals surface area contributed by atoms with E-state index in [1.54, 1.807) is 11.1 Å². The van der Waals surface area contributed by atoms with Crippen molar-refractivity contribution in [3.8, 4) is 6.07 Å². The standard InChI is InChI=1S/C24H25N5O2S/c1-15(17-6-4-3-5-7-17)10-22(30)28-24-19(12-25)18-8-9-29(14-20(18)32-24)23(31)11-21-26-13-16(2)27-21/h3-7,13,15H,8-11,14H2,1-2H3,(H,26,27)(H,28,30)/t15-/m0/s1. The van der Waals surface area contributed by atoms with Crippen molar-refractivity contribution in [3.63, 3.8) is 0 Å². The van der Waals surface area contributed by atoms with Gasteiger partial charge < -0.3 is 15.2 Å². The van der Waals surface area contributed by atoms with Crippen LogP contribution in [0.5, 0.6) is 0 Å². The Balaban J connectivity index is 1.43. The molecule has 7 nitrogen and oxygen atoms in total. The second-order valence-corrected chi connectivity index (χ2v) is 9.24. The first-order valence-corrected chi connectivity index (χ1v) is 11.4. The van der Waals surface area contributed by atoms with E-state index in [1.165, 1.54) is 11.3 Å². The number of aryl methyl sites for hydroxylation is 1. The maximum Gasteiger partial charge on any atom is 0.230 e. The van der Waals surface area contributed by atoms with E-state index in [0.29, 0.717) is 42.3 Å². The molecule has 0 radical (unpaired) electrons. The number of nitrogens with zero attached hydrogens (tertiary/aromatic N) is 3. The van der Waals surface area contributed by atoms with Crippen molar-refractivity contribution in [1.82, 2.24) is 14.9 Å². The third-order valence-corrected chi connectivity index (χ3v) is 6.84. The molecule has 2 N–H and O–H groups in total. The molecular formula is C24H25N5O2S. The molecule has 3 aromatic rings. The zero-order valence-corrected chi connectivity index (χ0v) is 19.0. The van der Waals surface area contributed by atoms with Gasteiger partial charge >= 0.3 is 0 Å². The van der Waals surface area contributed by atoms with Gasteiger partial charge in [-0.25, -0.2) is 4.98 Å². The van der Waals surface area contributed by atoms with Crippen molar-refractivity contribution < 1.29 is 9.59 Å². The van der Waals surface area contributed by atoms with E-state index >= 15 is 0 Å². The van der Waals surface area contributed by atoms with Gasteiger partial charge in [-0.3, -0.25) is 9.59 Å². The Kier molecular flexibility index (Phi) is 6.37. The lowest BCUT2D eigenvalue weighted by atomic mass is 9.97. The lowest BCUT2D eigenvalue weighted by Gasteiger charge is -2.26. The average molecular weight is 448 g/mol. The maximum atomic E-state index is 12.7. The van der Waals surface area contributed by atoms with Gasteiger partial charge in [0, 0.05) is 29.7 Å². The van der Waals surface area contributed by atoms with Gasteiger partial charge in [0.15, 0.2) is 0 Å². The third-order valence-electron chi connectivity index (χ3n) is 5.71. The summed E-state index contributed by atoms with van der Waals surface area (Å²) in [5.74, 6) is 0.620. The van der Waals surface area contributed by atoms with E-state index in [4.69, 9.17) is 0 Å². The third kappa shape index (κ3) is 4.73. The minimum atomic E-state index is -0.113. The fraction of sp³-hybridized carbons (Fsp3) is 0.333. The van der Waals surface area contributed by atoms with Crippen LogP contribution in [0.15, 0.2) is 36.5 Å². The second kappa shape index (κ2) is 9.37. The summed E-state index contributed by atoms with van der Waals surface area (Å²) >= 11 is 1.40. The molecule has 0 unspecified atom stereocenters. The molecule has 0 bridgehead atoms. The number of hydrogen-bond acceptors (Lipinski definition) is 5. The minimum absolute atomic E-state index is 0.000760. The van der Waals surface area contributed by atoms with Crippen LogP contribution in [-0.4, -0.2) is 33.2 Å². The Morgan fingerprint density at radius 1 is 1.34 bits per heavy atom. The first kappa shape index (κ1) is 21.8. The zero-order chi connectivity index (χ0) is 22.7. The van der Waals surface area contributed by atoms with Gasteiger partial charge in [-0.1, -0.05) is 37.3 Å². The predicted octanol–water partition coefficient (Wildman–Crippen LogP) is 3.91. The number of thiophene rings is 1. The molecule has 32 heavy (non-hydrogen) atoms. The highest BCUT2D eigenvalue weighted by Gasteiger charge is 2.28. The van der Waals surface area contributed by atoms with E-state index in [-0.39, 0.29) is 24.2 Å². The van der Waals surface area contributed by atoms with Gasteiger partial charge in [-0.15, -0.1) is 11.3 Å². The first-order valence-electron chi connectivity index (χ1n) is 10.6. The Hall–Kier alpha value is -3.44. The number of rotatable bonds is 6. The number of aromatic nitrogens is 2. The maximum absolute atomic E-state index is 12.7. The zero-order valence-electron chi connectivity index (χ0n) is 18.1. The van der Waals surface area contributed by atoms with Crippen LogP contribution in [0.25, 0.3) is 0 Å². The van der Waals surface area contributed by atoms with Gasteiger partial charge in [0.1, 0.15) is 16.9 Å². The smallest absolute Gasteiger partial charge is 0.230 e. The number of anilines is 1. The summed E-state index contributed by atoms with van der Waals surface area (Å²) in [6.45, 7) is 4.92. The van der Waals surface area contributed by atoms with Crippen LogP contribution in [0.3, 0.4) is 0 Å². The average Bonchev–Trinajstić information content (AvgIpc) is 3.35. The number of fused-ring (bicyclic) bond motifs is 1. The molecule has 1 aliphatic heterocycles. The van der Waals surface area contributed by atoms with Gasteiger partial charge in [0.2, 0.25) is 11.8 Å². The number of aromatic amines is 1. The molecule has 2 aromatic heterocycles. The van der Waals surface area contributed by atoms with Crippen molar-refractivity contribution >= 4 is 28.2 Å². The molecule has 2 amide bonds. The number of H-pyrrole nitrogens is 1. The van der Waals surface area contributed by atoms with Crippen LogP contribution >= 0.6 is 11.3 Å². The van der Waals surface area contributed by atoms with Crippen molar-refractivity contribution in [2.24, 2.45) is 0 Å². The molecule has 8 heteroatoms. The normalized spacial score (nSPS) is 13.8. The van der Waals surface area contributed by atoms with Crippen LogP contribution in [-0.2, 0) is 29.0 Å². The fourth-order valence-corrected chi connectivity index (χ4v) is 5.22. The summed E-state index contributed by atoms with van der Waals surface area (Å²) in [6.07, 6.45) is 2.88. The summed E-state index contributed by atoms with van der Waals surface area (Å²) in [5, 5.41) is 13.2. The lowest BCUT2D eigenvalue weighted by molar-refractivity contribution is -0.131. The first-order chi connectivity index (χ1) is 15.4. The highest BCUT2D eigenvalue weighted by Crippen LogP contribution is 2.37. The number of nitriles is 1. The van der Waals surface area contributed by atoms with E-state index in [9.17, 15) is 14.9 Å². The quantitative estimate of drug-likeness (QED) is 0.598. The summed E-state index contributed by atoms with van der Waals surface area (Å²) in [5.41, 5.74) is 3.50. The largest absolute Gasteiger partial charge is 0.346 e. The molecule has 0 aliphatic carbocycles. The Labute approximate surface area is 191 Å². The van der Waals surface area contributed by atoms with E-state index in [2.05, 4.69) is 21.4 Å². The minimum Gasteiger partial charge on any atom is -0.346 e. The van der Waals surface area contributed by atoms with Gasteiger partial charge in [0.05, 0.1) is 18.5 Å². The lowest BCUT2D eigenvalue weighted by Crippen LogP contribution is -2.36. The summed E-state index contributed by atoms with van der Waals surface area (Å²) in [6, 6.07) is 12.2. The van der Waals surface area contributed by atoms with E-state index < -0.39 is 0 Å². The molecule has 1 atom stereocenters. The number of carbonyl (C=O) groups excluding carboxylic acids is 2. The summed E-state index contributed by atoms with van der Waals surface area (Å²) in [7, 11) is 0. The fourth-order valence-electron chi connectivity index (χ4n) is 3.99. The van der Waals surface area contributed by atoms with Crippen LogP contribution in [0.2, 0.25) is 0 Å². The number of imidazole rings is 1. The molecule has 4 rings (SSSR count). The molecule has 0 fully saturated rings. The summed E-state index contributed by atoms with van der Waals surface area (Å²) in [4.78, 5) is 35.4. The molecule has 0 spiro atoms. The van der Waals surface area contributed by atoms with Gasteiger partial charge in [-0.05, 0) is 30.4 Å².